The van der Waals surface area contributed by atoms with Gasteiger partial charge in [-0.3, -0.25) is 4.98 Å². The fraction of sp³-hybridized carbons (Fsp3) is 0.118. The van der Waals surface area contributed by atoms with Crippen molar-refractivity contribution >= 4 is 16.5 Å². The lowest BCUT2D eigenvalue weighted by molar-refractivity contribution is 1.28. The van der Waals surface area contributed by atoms with E-state index in [2.05, 4.69) is 48.3 Å². The number of rotatable bonds is 1. The van der Waals surface area contributed by atoms with Gasteiger partial charge >= 0.3 is 0 Å². The first-order valence-electron chi connectivity index (χ1n) is 6.37. The molecule has 0 aliphatic heterocycles. The molecule has 0 atom stereocenters. The lowest BCUT2D eigenvalue weighted by Gasteiger charge is -2.11. The molecule has 2 aromatic carbocycles. The normalized spacial score (nSPS) is 10.8. The highest BCUT2D eigenvalue weighted by atomic mass is 14.7. The zero-order valence-electron chi connectivity index (χ0n) is 11.1. The van der Waals surface area contributed by atoms with E-state index in [4.69, 9.17) is 5.73 Å². The highest BCUT2D eigenvalue weighted by molar-refractivity contribution is 5.99. The molecule has 0 amide bonds. The maximum atomic E-state index is 6.12. The van der Waals surface area contributed by atoms with Crippen molar-refractivity contribution in [2.24, 2.45) is 0 Å². The van der Waals surface area contributed by atoms with Gasteiger partial charge in [-0.15, -0.1) is 0 Å². The molecule has 1 heterocycles. The number of hydrogen-bond acceptors (Lipinski definition) is 2. The minimum Gasteiger partial charge on any atom is -0.397 e. The molecule has 0 saturated carbocycles. The van der Waals surface area contributed by atoms with Crippen LogP contribution in [0.15, 0.2) is 48.7 Å². The second-order valence-corrected chi connectivity index (χ2v) is 4.93. The Morgan fingerprint density at radius 2 is 1.68 bits per heavy atom. The molecular formula is C17H16N2. The van der Waals surface area contributed by atoms with Crippen LogP contribution >= 0.6 is 0 Å². The minimum atomic E-state index is 0.731. The van der Waals surface area contributed by atoms with Crippen molar-refractivity contribution < 1.29 is 0 Å². The Labute approximate surface area is 112 Å². The molecule has 1 aromatic heterocycles. The van der Waals surface area contributed by atoms with Crippen LogP contribution in [0.5, 0.6) is 0 Å². The van der Waals surface area contributed by atoms with Crippen LogP contribution in [0.3, 0.4) is 0 Å². The first-order chi connectivity index (χ1) is 9.16. The van der Waals surface area contributed by atoms with E-state index < -0.39 is 0 Å². The Morgan fingerprint density at radius 3 is 2.42 bits per heavy atom. The average Bonchev–Trinajstić information content (AvgIpc) is 2.41. The second kappa shape index (κ2) is 4.39. The van der Waals surface area contributed by atoms with Crippen LogP contribution in [-0.2, 0) is 0 Å². The molecule has 2 nitrogen and oxygen atoms in total. The van der Waals surface area contributed by atoms with Crippen molar-refractivity contribution in [2.45, 2.75) is 13.8 Å². The number of nitrogens with zero attached hydrogens (tertiary/aromatic N) is 1. The number of hydrogen-bond donors (Lipinski definition) is 1. The van der Waals surface area contributed by atoms with E-state index in [9.17, 15) is 0 Å². The highest BCUT2D eigenvalue weighted by Crippen LogP contribution is 2.32. The number of pyridine rings is 1. The van der Waals surface area contributed by atoms with E-state index in [1.54, 1.807) is 0 Å². The molecule has 0 fully saturated rings. The van der Waals surface area contributed by atoms with Crippen LogP contribution in [0.4, 0.5) is 5.69 Å². The predicted octanol–water partition coefficient (Wildman–Crippen LogP) is 4.10. The molecule has 0 aliphatic rings. The zero-order valence-corrected chi connectivity index (χ0v) is 11.1. The molecule has 94 valence electrons. The summed E-state index contributed by atoms with van der Waals surface area (Å²) in [5.74, 6) is 0. The Kier molecular flexibility index (Phi) is 2.71. The Hall–Kier alpha value is -2.35. The smallest absolute Gasteiger partial charge is 0.0937 e. The number of nitrogens with two attached hydrogens (primary N) is 1. The Bertz CT molecular complexity index is 760. The number of benzene rings is 2. The first kappa shape index (κ1) is 11.7. The maximum Gasteiger partial charge on any atom is 0.0937 e. The van der Waals surface area contributed by atoms with Gasteiger partial charge in [-0.2, -0.15) is 0 Å². The minimum absolute atomic E-state index is 0.731. The topological polar surface area (TPSA) is 38.9 Å². The SMILES string of the molecule is Cc1cnc(-c2ccc(C)c3ccccc23)c(N)c1. The fourth-order valence-corrected chi connectivity index (χ4v) is 2.47. The van der Waals surface area contributed by atoms with E-state index in [1.165, 1.54) is 16.3 Å². The third-order valence-electron chi connectivity index (χ3n) is 3.45. The summed E-state index contributed by atoms with van der Waals surface area (Å²) in [6, 6.07) is 14.6. The molecule has 2 N–H and O–H groups in total. The molecule has 0 unspecified atom stereocenters. The van der Waals surface area contributed by atoms with Crippen molar-refractivity contribution in [1.29, 1.82) is 0 Å². The van der Waals surface area contributed by atoms with Gasteiger partial charge in [0.1, 0.15) is 0 Å². The van der Waals surface area contributed by atoms with Crippen molar-refractivity contribution in [2.75, 3.05) is 5.73 Å². The van der Waals surface area contributed by atoms with Crippen LogP contribution in [-0.4, -0.2) is 4.98 Å². The van der Waals surface area contributed by atoms with Crippen LogP contribution in [0, 0.1) is 13.8 Å². The van der Waals surface area contributed by atoms with Gasteiger partial charge in [-0.05, 0) is 41.8 Å². The van der Waals surface area contributed by atoms with Crippen LogP contribution < -0.4 is 5.73 Å². The van der Waals surface area contributed by atoms with Gasteiger partial charge < -0.3 is 5.73 Å². The molecule has 3 aromatic rings. The Morgan fingerprint density at radius 1 is 0.947 bits per heavy atom. The maximum absolute atomic E-state index is 6.12. The van der Waals surface area contributed by atoms with E-state index in [-0.39, 0.29) is 0 Å². The van der Waals surface area contributed by atoms with Gasteiger partial charge in [0.2, 0.25) is 0 Å². The largest absolute Gasteiger partial charge is 0.397 e. The van der Waals surface area contributed by atoms with Gasteiger partial charge in [0.25, 0.3) is 0 Å². The summed E-state index contributed by atoms with van der Waals surface area (Å²) >= 11 is 0. The van der Waals surface area contributed by atoms with Crippen molar-refractivity contribution in [3.05, 3.63) is 59.8 Å². The Balaban J connectivity index is 2.34. The van der Waals surface area contributed by atoms with E-state index in [1.807, 2.05) is 19.2 Å². The third kappa shape index (κ3) is 1.95. The molecule has 0 aliphatic carbocycles. The molecule has 0 radical (unpaired) electrons. The van der Waals surface area contributed by atoms with Gasteiger partial charge in [0.15, 0.2) is 0 Å². The van der Waals surface area contributed by atoms with Crippen LogP contribution in [0.1, 0.15) is 11.1 Å². The van der Waals surface area contributed by atoms with E-state index in [0.29, 0.717) is 0 Å². The molecular weight excluding hydrogens is 232 g/mol. The first-order valence-corrected chi connectivity index (χ1v) is 6.37. The number of aryl methyl sites for hydroxylation is 2. The summed E-state index contributed by atoms with van der Waals surface area (Å²) in [5.41, 5.74) is 11.2. The lowest BCUT2D eigenvalue weighted by atomic mass is 9.97. The van der Waals surface area contributed by atoms with Crippen molar-refractivity contribution in [3.8, 4) is 11.3 Å². The van der Waals surface area contributed by atoms with Crippen LogP contribution in [0.25, 0.3) is 22.0 Å². The van der Waals surface area contributed by atoms with E-state index >= 15 is 0 Å². The second-order valence-electron chi connectivity index (χ2n) is 4.93. The van der Waals surface area contributed by atoms with Gasteiger partial charge in [-0.1, -0.05) is 36.4 Å². The van der Waals surface area contributed by atoms with Crippen molar-refractivity contribution in [1.82, 2.24) is 4.98 Å². The zero-order chi connectivity index (χ0) is 13.4. The predicted molar refractivity (Wildman–Crippen MR) is 81.1 cm³/mol. The van der Waals surface area contributed by atoms with Gasteiger partial charge in [0, 0.05) is 11.8 Å². The molecule has 3 rings (SSSR count). The lowest BCUT2D eigenvalue weighted by Crippen LogP contribution is -1.95. The summed E-state index contributed by atoms with van der Waals surface area (Å²) < 4.78 is 0. The molecule has 0 spiro atoms. The van der Waals surface area contributed by atoms with Gasteiger partial charge in [-0.25, -0.2) is 0 Å². The monoisotopic (exact) mass is 248 g/mol. The summed E-state index contributed by atoms with van der Waals surface area (Å²) in [5, 5.41) is 2.45. The quantitative estimate of drug-likeness (QED) is 0.704. The van der Waals surface area contributed by atoms with Gasteiger partial charge in [0.05, 0.1) is 11.4 Å². The number of aromatic nitrogens is 1. The highest BCUT2D eigenvalue weighted by Gasteiger charge is 2.09. The number of fused-ring (bicyclic) bond motifs is 1. The molecule has 0 bridgehead atoms. The standard InChI is InChI=1S/C17H16N2/c1-11-9-16(18)17(19-10-11)15-8-7-12(2)13-5-3-4-6-14(13)15/h3-10H,18H2,1-2H3. The molecule has 19 heavy (non-hydrogen) atoms. The summed E-state index contributed by atoms with van der Waals surface area (Å²) in [4.78, 5) is 4.50. The van der Waals surface area contributed by atoms with Crippen LogP contribution in [0.2, 0.25) is 0 Å². The molecule has 2 heteroatoms. The fourth-order valence-electron chi connectivity index (χ4n) is 2.47. The van der Waals surface area contributed by atoms with Crippen molar-refractivity contribution in [3.63, 3.8) is 0 Å². The number of anilines is 1. The summed E-state index contributed by atoms with van der Waals surface area (Å²) in [6.45, 7) is 4.12. The summed E-state index contributed by atoms with van der Waals surface area (Å²) in [7, 11) is 0. The van der Waals surface area contributed by atoms with E-state index in [0.717, 1.165) is 22.5 Å². The molecule has 0 saturated heterocycles. The number of nitrogen functional groups attached to an aromatic ring is 1. The summed E-state index contributed by atoms with van der Waals surface area (Å²) in [6.07, 6.45) is 1.86. The average molecular weight is 248 g/mol. The third-order valence-corrected chi connectivity index (χ3v) is 3.45.